The largest absolute Gasteiger partial charge is 0.508 e. The van der Waals surface area contributed by atoms with Gasteiger partial charge in [-0.1, -0.05) is 58.4 Å². The van der Waals surface area contributed by atoms with E-state index in [1.165, 1.54) is 30.3 Å². The third-order valence-corrected chi connectivity index (χ3v) is 6.27. The number of carbonyl (C=O) groups excluding carboxylic acids is 3. The number of imide groups is 2. The second-order valence-corrected chi connectivity index (χ2v) is 9.00. The summed E-state index contributed by atoms with van der Waals surface area (Å²) in [6.07, 6.45) is 1.46. The predicted molar refractivity (Wildman–Crippen MR) is 140 cm³/mol. The molecule has 8 heteroatoms. The molecule has 0 spiro atoms. The van der Waals surface area contributed by atoms with Crippen LogP contribution in [0.5, 0.6) is 11.5 Å². The van der Waals surface area contributed by atoms with E-state index in [1.807, 2.05) is 54.6 Å². The van der Waals surface area contributed by atoms with Crippen LogP contribution in [-0.2, 0) is 16.2 Å². The molecule has 0 bridgehead atoms. The smallest absolute Gasteiger partial charge is 0.335 e. The Labute approximate surface area is 214 Å². The molecule has 1 heterocycles. The maximum atomic E-state index is 13.4. The van der Waals surface area contributed by atoms with Crippen LogP contribution in [0.4, 0.5) is 10.5 Å². The maximum absolute atomic E-state index is 13.4. The van der Waals surface area contributed by atoms with Gasteiger partial charge in [0.15, 0.2) is 0 Å². The summed E-state index contributed by atoms with van der Waals surface area (Å²) in [7, 11) is 0. The van der Waals surface area contributed by atoms with Crippen molar-refractivity contribution in [2.75, 3.05) is 4.90 Å². The fourth-order valence-electron chi connectivity index (χ4n) is 3.93. The first-order valence-corrected chi connectivity index (χ1v) is 11.8. The lowest BCUT2D eigenvalue weighted by atomic mass is 9.99. The number of barbiturate groups is 1. The molecule has 0 saturated carbocycles. The van der Waals surface area contributed by atoms with Crippen LogP contribution in [0.25, 0.3) is 16.8 Å². The summed E-state index contributed by atoms with van der Waals surface area (Å²) in [4.78, 5) is 39.5. The van der Waals surface area contributed by atoms with E-state index in [1.54, 1.807) is 6.07 Å². The Balaban J connectivity index is 1.57. The van der Waals surface area contributed by atoms with E-state index in [4.69, 9.17) is 4.74 Å². The Morgan fingerprint density at radius 3 is 2.36 bits per heavy atom. The summed E-state index contributed by atoms with van der Waals surface area (Å²) in [6, 6.07) is 23.6. The highest BCUT2D eigenvalue weighted by molar-refractivity contribution is 9.10. The van der Waals surface area contributed by atoms with Crippen molar-refractivity contribution in [2.24, 2.45) is 0 Å². The van der Waals surface area contributed by atoms with Gasteiger partial charge in [-0.25, -0.2) is 9.69 Å². The minimum atomic E-state index is -0.863. The van der Waals surface area contributed by atoms with Crippen LogP contribution in [0.2, 0.25) is 0 Å². The molecule has 0 aliphatic carbocycles. The lowest BCUT2D eigenvalue weighted by Crippen LogP contribution is -2.54. The standard InChI is InChI=1S/C28H19BrN2O5/c29-19-8-5-17(6-9-19)16-36-25-14-7-18-3-1-2-4-22(18)23(25)15-24-26(33)30-28(35)31(27(24)34)20-10-12-21(32)13-11-20/h1-15,32H,16H2,(H,30,33,35)/b24-15+. The molecule has 1 aliphatic rings. The van der Waals surface area contributed by atoms with Gasteiger partial charge < -0.3 is 9.84 Å². The van der Waals surface area contributed by atoms with Crippen molar-refractivity contribution in [3.05, 3.63) is 106 Å². The first-order valence-electron chi connectivity index (χ1n) is 11.0. The third-order valence-electron chi connectivity index (χ3n) is 5.74. The van der Waals surface area contributed by atoms with Gasteiger partial charge in [0.2, 0.25) is 0 Å². The van der Waals surface area contributed by atoms with Crippen LogP contribution in [0, 0.1) is 0 Å². The summed E-state index contributed by atoms with van der Waals surface area (Å²) >= 11 is 3.42. The topological polar surface area (TPSA) is 95.9 Å². The average Bonchev–Trinajstić information content (AvgIpc) is 2.87. The molecule has 4 aromatic carbocycles. The molecule has 0 aromatic heterocycles. The average molecular weight is 543 g/mol. The van der Waals surface area contributed by atoms with E-state index in [-0.39, 0.29) is 23.6 Å². The van der Waals surface area contributed by atoms with Crippen LogP contribution in [0.15, 0.2) is 95.0 Å². The molecule has 0 atom stereocenters. The van der Waals surface area contributed by atoms with Crippen molar-refractivity contribution in [2.45, 2.75) is 6.61 Å². The van der Waals surface area contributed by atoms with E-state index in [0.717, 1.165) is 25.7 Å². The number of phenols is 1. The van der Waals surface area contributed by atoms with Crippen LogP contribution in [0.3, 0.4) is 0 Å². The monoisotopic (exact) mass is 542 g/mol. The molecular formula is C28H19BrN2O5. The van der Waals surface area contributed by atoms with E-state index in [9.17, 15) is 19.5 Å². The number of benzene rings is 4. The molecular weight excluding hydrogens is 524 g/mol. The first kappa shape index (κ1) is 23.3. The number of fused-ring (bicyclic) bond motifs is 1. The fraction of sp³-hybridized carbons (Fsp3) is 0.0357. The van der Waals surface area contributed by atoms with Gasteiger partial charge in [0, 0.05) is 10.0 Å². The minimum Gasteiger partial charge on any atom is -0.508 e. The number of rotatable bonds is 5. The zero-order valence-electron chi connectivity index (χ0n) is 18.8. The molecule has 0 unspecified atom stereocenters. The second-order valence-electron chi connectivity index (χ2n) is 8.09. The van der Waals surface area contributed by atoms with Crippen LogP contribution < -0.4 is 15.0 Å². The summed E-state index contributed by atoms with van der Waals surface area (Å²) in [5.41, 5.74) is 1.50. The Hall–Kier alpha value is -4.43. The molecule has 5 rings (SSSR count). The highest BCUT2D eigenvalue weighted by Gasteiger charge is 2.37. The summed E-state index contributed by atoms with van der Waals surface area (Å²) in [6.45, 7) is 0.278. The second kappa shape index (κ2) is 9.67. The van der Waals surface area contributed by atoms with Crippen molar-refractivity contribution in [1.29, 1.82) is 0 Å². The number of urea groups is 1. The number of phenolic OH excluding ortho intramolecular Hbond substituents is 1. The number of hydrogen-bond donors (Lipinski definition) is 2. The molecule has 4 aromatic rings. The number of hydrogen-bond acceptors (Lipinski definition) is 5. The zero-order chi connectivity index (χ0) is 25.2. The van der Waals surface area contributed by atoms with Gasteiger partial charge in [-0.15, -0.1) is 0 Å². The van der Waals surface area contributed by atoms with Crippen LogP contribution >= 0.6 is 15.9 Å². The molecule has 1 saturated heterocycles. The van der Waals surface area contributed by atoms with Gasteiger partial charge >= 0.3 is 6.03 Å². The molecule has 178 valence electrons. The molecule has 1 fully saturated rings. The number of nitrogens with one attached hydrogen (secondary N) is 1. The quantitative estimate of drug-likeness (QED) is 0.254. The van der Waals surface area contributed by atoms with Crippen molar-refractivity contribution in [1.82, 2.24) is 5.32 Å². The minimum absolute atomic E-state index is 0.0150. The summed E-state index contributed by atoms with van der Waals surface area (Å²) in [5, 5.41) is 13.5. The van der Waals surface area contributed by atoms with Gasteiger partial charge in [0.25, 0.3) is 11.8 Å². The number of ether oxygens (including phenoxy) is 1. The number of amides is 4. The van der Waals surface area contributed by atoms with E-state index in [0.29, 0.717) is 11.3 Å². The Morgan fingerprint density at radius 2 is 1.61 bits per heavy atom. The van der Waals surface area contributed by atoms with Gasteiger partial charge in [-0.05, 0) is 64.9 Å². The first-order chi connectivity index (χ1) is 17.4. The lowest BCUT2D eigenvalue weighted by Gasteiger charge is -2.26. The van der Waals surface area contributed by atoms with E-state index in [2.05, 4.69) is 21.2 Å². The molecule has 2 N–H and O–H groups in total. The van der Waals surface area contributed by atoms with Crippen LogP contribution in [-0.4, -0.2) is 23.0 Å². The molecule has 1 aliphatic heterocycles. The number of aromatic hydroxyl groups is 1. The highest BCUT2D eigenvalue weighted by Crippen LogP contribution is 2.32. The zero-order valence-corrected chi connectivity index (χ0v) is 20.4. The summed E-state index contributed by atoms with van der Waals surface area (Å²) < 4.78 is 7.07. The van der Waals surface area contributed by atoms with Crippen LogP contribution in [0.1, 0.15) is 11.1 Å². The molecule has 7 nitrogen and oxygen atoms in total. The van der Waals surface area contributed by atoms with Crippen molar-refractivity contribution in [3.8, 4) is 11.5 Å². The summed E-state index contributed by atoms with van der Waals surface area (Å²) in [5.74, 6) is -1.11. The number of halogens is 1. The van der Waals surface area contributed by atoms with E-state index >= 15 is 0 Å². The van der Waals surface area contributed by atoms with Gasteiger partial charge in [0.1, 0.15) is 23.7 Å². The number of carbonyl (C=O) groups is 3. The maximum Gasteiger partial charge on any atom is 0.335 e. The Kier molecular flexibility index (Phi) is 6.26. The number of anilines is 1. The SMILES string of the molecule is O=C1NC(=O)N(c2ccc(O)cc2)C(=O)/C1=C/c1c(OCc2ccc(Br)cc2)ccc2ccccc12. The molecule has 4 amide bonds. The molecule has 0 radical (unpaired) electrons. The molecule has 36 heavy (non-hydrogen) atoms. The lowest BCUT2D eigenvalue weighted by molar-refractivity contribution is -0.122. The van der Waals surface area contributed by atoms with Crippen molar-refractivity contribution in [3.63, 3.8) is 0 Å². The van der Waals surface area contributed by atoms with E-state index < -0.39 is 17.8 Å². The van der Waals surface area contributed by atoms with Gasteiger partial charge in [-0.3, -0.25) is 14.9 Å². The van der Waals surface area contributed by atoms with Gasteiger partial charge in [0.05, 0.1) is 5.69 Å². The Bertz CT molecular complexity index is 1530. The highest BCUT2D eigenvalue weighted by atomic mass is 79.9. The van der Waals surface area contributed by atoms with Crippen molar-refractivity contribution >= 4 is 56.3 Å². The fourth-order valence-corrected chi connectivity index (χ4v) is 4.19. The predicted octanol–water partition coefficient (Wildman–Crippen LogP) is 5.55. The number of nitrogens with zero attached hydrogens (tertiary/aromatic N) is 1. The van der Waals surface area contributed by atoms with Crippen molar-refractivity contribution < 1.29 is 24.2 Å². The normalized spacial score (nSPS) is 14.9. The Morgan fingerprint density at radius 1 is 0.889 bits per heavy atom. The van der Waals surface area contributed by atoms with Gasteiger partial charge in [-0.2, -0.15) is 0 Å². The third kappa shape index (κ3) is 4.58.